The van der Waals surface area contributed by atoms with Crippen LogP contribution in [-0.2, 0) is 19.4 Å². The van der Waals surface area contributed by atoms with Crippen LogP contribution in [0.1, 0.15) is 48.8 Å². The Labute approximate surface area is 256 Å². The van der Waals surface area contributed by atoms with E-state index in [0.29, 0.717) is 53.2 Å². The maximum atomic E-state index is 13.4. The number of hydrogen-bond donors (Lipinski definition) is 3. The number of benzene rings is 3. The lowest BCUT2D eigenvalue weighted by molar-refractivity contribution is 0.0690. The number of nitrogens with one attached hydrogen (secondary N) is 1. The molecule has 0 unspecified atom stereocenters. The fourth-order valence-electron chi connectivity index (χ4n) is 5.10. The Morgan fingerprint density at radius 1 is 1.07 bits per heavy atom. The molecule has 0 fully saturated rings. The lowest BCUT2D eigenvalue weighted by Crippen LogP contribution is -2.32. The second-order valence-corrected chi connectivity index (χ2v) is 12.1. The van der Waals surface area contributed by atoms with E-state index < -0.39 is 5.97 Å². The molecule has 2 aromatic heterocycles. The normalized spacial score (nSPS) is 12.9. The van der Waals surface area contributed by atoms with Gasteiger partial charge in [-0.2, -0.15) is 0 Å². The van der Waals surface area contributed by atoms with Gasteiger partial charge in [0.2, 0.25) is 0 Å². The van der Waals surface area contributed by atoms with Crippen LogP contribution >= 0.6 is 22.7 Å². The topological polar surface area (TPSA) is 131 Å². The van der Waals surface area contributed by atoms with Crippen molar-refractivity contribution >= 4 is 61.1 Å². The van der Waals surface area contributed by atoms with E-state index in [1.54, 1.807) is 6.08 Å². The maximum Gasteiger partial charge on any atom is 0.355 e. The Hall–Kier alpha value is -4.74. The van der Waals surface area contributed by atoms with Crippen molar-refractivity contribution in [2.45, 2.75) is 25.8 Å². The molecule has 1 aliphatic rings. The highest BCUT2D eigenvalue weighted by Gasteiger charge is 2.26. The molecule has 0 saturated heterocycles. The van der Waals surface area contributed by atoms with E-state index in [2.05, 4.69) is 20.2 Å². The van der Waals surface area contributed by atoms with Crippen molar-refractivity contribution in [2.24, 2.45) is 5.73 Å². The smallest absolute Gasteiger partial charge is 0.355 e. The number of amides is 1. The first-order chi connectivity index (χ1) is 21.0. The standard InChI is InChI=1S/C32H29N5O4S2/c33-15-13-20-6-3-8-22(18-20)41-17-5-12-27-28(30(39)40)35-32(43-27)37-16-14-21-7-4-9-23(24(21)19-37)29(38)36-31-34-25-10-1-2-11-26(25)42-31/h1-4,6-11,13,15,18H,5,12,14,16-17,19,33H2,(H,39,40)(H,34,36,38)/b15-13+. The summed E-state index contributed by atoms with van der Waals surface area (Å²) in [6, 6.07) is 21.1. The SMILES string of the molecule is N/C=C/c1cccc(OCCCc2sc(N3CCc4cccc(C(=O)Nc5nc6ccccc6s5)c4C3)nc2C(=O)O)c1. The molecule has 43 heavy (non-hydrogen) atoms. The van der Waals surface area contributed by atoms with Gasteiger partial charge in [-0.1, -0.05) is 47.7 Å². The molecule has 3 heterocycles. The van der Waals surface area contributed by atoms with Crippen molar-refractivity contribution in [3.05, 3.63) is 106 Å². The van der Waals surface area contributed by atoms with E-state index in [4.69, 9.17) is 10.5 Å². The third kappa shape index (κ3) is 6.37. The Morgan fingerprint density at radius 3 is 2.77 bits per heavy atom. The van der Waals surface area contributed by atoms with E-state index in [-0.39, 0.29) is 11.6 Å². The second kappa shape index (κ2) is 12.6. The van der Waals surface area contributed by atoms with Gasteiger partial charge in [-0.25, -0.2) is 14.8 Å². The number of aryl methyl sites for hydroxylation is 1. The molecular weight excluding hydrogens is 583 g/mol. The zero-order chi connectivity index (χ0) is 29.8. The van der Waals surface area contributed by atoms with Crippen molar-refractivity contribution in [1.82, 2.24) is 9.97 Å². The van der Waals surface area contributed by atoms with Crippen LogP contribution in [-0.4, -0.2) is 40.1 Å². The first kappa shape index (κ1) is 28.4. The molecule has 0 spiro atoms. The number of hydrogen-bond acceptors (Lipinski definition) is 9. The number of nitrogens with two attached hydrogens (primary N) is 1. The van der Waals surface area contributed by atoms with Crippen LogP contribution < -0.4 is 20.7 Å². The lowest BCUT2D eigenvalue weighted by Gasteiger charge is -2.29. The van der Waals surface area contributed by atoms with Gasteiger partial charge in [-0.05, 0) is 78.6 Å². The fourth-order valence-corrected chi connectivity index (χ4v) is 7.08. The van der Waals surface area contributed by atoms with Crippen molar-refractivity contribution < 1.29 is 19.4 Å². The highest BCUT2D eigenvalue weighted by Crippen LogP contribution is 2.33. The number of fused-ring (bicyclic) bond motifs is 2. The number of carboxylic acid groups (broad SMARTS) is 1. The molecule has 4 N–H and O–H groups in total. The Bertz CT molecular complexity index is 1800. The van der Waals surface area contributed by atoms with Gasteiger partial charge in [0.05, 0.1) is 16.8 Å². The predicted octanol–water partition coefficient (Wildman–Crippen LogP) is 6.21. The van der Waals surface area contributed by atoms with Crippen molar-refractivity contribution in [3.63, 3.8) is 0 Å². The Balaban J connectivity index is 1.14. The third-order valence-corrected chi connectivity index (χ3v) is 9.28. The zero-order valence-corrected chi connectivity index (χ0v) is 24.8. The minimum Gasteiger partial charge on any atom is -0.494 e. The van der Waals surface area contributed by atoms with Crippen LogP contribution in [0, 0.1) is 0 Å². The van der Waals surface area contributed by atoms with Gasteiger partial charge in [0, 0.05) is 23.5 Å². The molecule has 5 aromatic rings. The van der Waals surface area contributed by atoms with Crippen LogP contribution in [0.15, 0.2) is 72.9 Å². The summed E-state index contributed by atoms with van der Waals surface area (Å²) >= 11 is 2.83. The Kier molecular flexibility index (Phi) is 8.34. The number of ether oxygens (including phenoxy) is 1. The highest BCUT2D eigenvalue weighted by atomic mass is 32.1. The molecule has 9 nitrogen and oxygen atoms in total. The third-order valence-electron chi connectivity index (χ3n) is 7.15. The highest BCUT2D eigenvalue weighted by molar-refractivity contribution is 7.22. The van der Waals surface area contributed by atoms with E-state index in [0.717, 1.165) is 39.1 Å². The molecular formula is C32H29N5O4S2. The van der Waals surface area contributed by atoms with Gasteiger partial charge >= 0.3 is 5.97 Å². The number of nitrogens with zero attached hydrogens (tertiary/aromatic N) is 3. The summed E-state index contributed by atoms with van der Waals surface area (Å²) in [5, 5.41) is 14.0. The van der Waals surface area contributed by atoms with Crippen LogP contribution in [0.4, 0.5) is 10.3 Å². The van der Waals surface area contributed by atoms with Crippen LogP contribution in [0.2, 0.25) is 0 Å². The Morgan fingerprint density at radius 2 is 1.93 bits per heavy atom. The molecule has 0 atom stereocenters. The van der Waals surface area contributed by atoms with E-state index >= 15 is 0 Å². The average Bonchev–Trinajstić information content (AvgIpc) is 3.63. The maximum absolute atomic E-state index is 13.4. The van der Waals surface area contributed by atoms with E-state index in [9.17, 15) is 14.7 Å². The lowest BCUT2D eigenvalue weighted by atomic mass is 9.94. The summed E-state index contributed by atoms with van der Waals surface area (Å²) < 4.78 is 6.89. The summed E-state index contributed by atoms with van der Waals surface area (Å²) in [6.45, 7) is 1.58. The van der Waals surface area contributed by atoms with Gasteiger partial charge in [0.15, 0.2) is 16.0 Å². The predicted molar refractivity (Wildman–Crippen MR) is 171 cm³/mol. The first-order valence-electron chi connectivity index (χ1n) is 13.9. The molecule has 0 saturated carbocycles. The molecule has 0 aliphatic carbocycles. The molecule has 11 heteroatoms. The molecule has 0 radical (unpaired) electrons. The van der Waals surface area contributed by atoms with Crippen LogP contribution in [0.25, 0.3) is 16.3 Å². The number of aromatic carboxylic acids is 1. The quantitative estimate of drug-likeness (QED) is 0.159. The van der Waals surface area contributed by atoms with Crippen LogP contribution in [0.5, 0.6) is 5.75 Å². The van der Waals surface area contributed by atoms with Crippen molar-refractivity contribution in [3.8, 4) is 5.75 Å². The number of rotatable bonds is 10. The van der Waals surface area contributed by atoms with E-state index in [1.165, 1.54) is 28.9 Å². The largest absolute Gasteiger partial charge is 0.494 e. The summed E-state index contributed by atoms with van der Waals surface area (Å²) in [7, 11) is 0. The number of carboxylic acids is 1. The number of para-hydroxylation sites is 1. The summed E-state index contributed by atoms with van der Waals surface area (Å²) in [6.07, 6.45) is 5.16. The molecule has 1 amide bonds. The number of carbonyl (C=O) groups is 2. The zero-order valence-electron chi connectivity index (χ0n) is 23.2. The number of carbonyl (C=O) groups excluding carboxylic acids is 1. The average molecular weight is 612 g/mol. The molecule has 3 aromatic carbocycles. The van der Waals surface area contributed by atoms with E-state index in [1.807, 2.05) is 66.7 Å². The van der Waals surface area contributed by atoms with Gasteiger partial charge < -0.3 is 20.5 Å². The van der Waals surface area contributed by atoms with Crippen LogP contribution in [0.3, 0.4) is 0 Å². The molecule has 218 valence electrons. The summed E-state index contributed by atoms with van der Waals surface area (Å²) in [5.41, 5.74) is 9.95. The number of anilines is 2. The minimum absolute atomic E-state index is 0.0720. The van der Waals surface area contributed by atoms with Gasteiger partial charge in [-0.15, -0.1) is 11.3 Å². The fraction of sp³-hybridized carbons (Fsp3) is 0.188. The summed E-state index contributed by atoms with van der Waals surface area (Å²) in [4.78, 5) is 37.3. The van der Waals surface area contributed by atoms with Gasteiger partial charge in [-0.3, -0.25) is 10.1 Å². The first-order valence-corrected chi connectivity index (χ1v) is 15.5. The molecule has 0 bridgehead atoms. The second-order valence-electron chi connectivity index (χ2n) is 10.0. The van der Waals surface area contributed by atoms with Crippen molar-refractivity contribution in [1.29, 1.82) is 0 Å². The number of aromatic nitrogens is 2. The monoisotopic (exact) mass is 611 g/mol. The minimum atomic E-state index is -1.05. The van der Waals surface area contributed by atoms with Gasteiger partial charge in [0.25, 0.3) is 5.91 Å². The number of thiazole rings is 2. The van der Waals surface area contributed by atoms with Crippen molar-refractivity contribution in [2.75, 3.05) is 23.4 Å². The van der Waals surface area contributed by atoms with Gasteiger partial charge in [0.1, 0.15) is 5.75 Å². The molecule has 6 rings (SSSR count). The molecule has 1 aliphatic heterocycles. The summed E-state index contributed by atoms with van der Waals surface area (Å²) in [5.74, 6) is -0.532.